The quantitative estimate of drug-likeness (QED) is 0.168. The van der Waals surface area contributed by atoms with Crippen LogP contribution in [0.4, 0.5) is 5.69 Å². The van der Waals surface area contributed by atoms with Gasteiger partial charge in [-0.1, -0.05) is 31.0 Å². The molecule has 0 aliphatic carbocycles. The zero-order valence-corrected chi connectivity index (χ0v) is 18.7. The molecule has 1 N–H and O–H groups in total. The van der Waals surface area contributed by atoms with E-state index in [1.165, 1.54) is 27.3 Å². The van der Waals surface area contributed by atoms with Crippen molar-refractivity contribution in [1.82, 2.24) is 9.78 Å². The molecule has 0 aliphatic rings. The number of nitro benzene ring substituents is 1. The number of non-ortho nitro benzene ring substituents is 1. The second-order valence-electron chi connectivity index (χ2n) is 7.26. The maximum atomic E-state index is 13.1. The van der Waals surface area contributed by atoms with Gasteiger partial charge in [0.1, 0.15) is 0 Å². The van der Waals surface area contributed by atoms with Crippen molar-refractivity contribution < 1.29 is 4.92 Å². The minimum absolute atomic E-state index is 0.0128. The van der Waals surface area contributed by atoms with Crippen molar-refractivity contribution in [1.29, 1.82) is 0 Å². The lowest BCUT2D eigenvalue weighted by atomic mass is 10.1. The van der Waals surface area contributed by atoms with Crippen LogP contribution in [-0.4, -0.2) is 32.7 Å². The van der Waals surface area contributed by atoms with Gasteiger partial charge in [0.15, 0.2) is 0 Å². The van der Waals surface area contributed by atoms with Gasteiger partial charge in [0.2, 0.25) is 0 Å². The largest absolute Gasteiger partial charge is 0.294 e. The third-order valence-electron chi connectivity index (χ3n) is 4.88. The van der Waals surface area contributed by atoms with Gasteiger partial charge in [-0.3, -0.25) is 25.0 Å². The molecule has 8 heteroatoms. The molecule has 0 radical (unpaired) electrons. The summed E-state index contributed by atoms with van der Waals surface area (Å²) in [5.74, 6) is 0.824. The van der Waals surface area contributed by atoms with Gasteiger partial charge in [-0.05, 0) is 44.5 Å². The van der Waals surface area contributed by atoms with E-state index in [1.54, 1.807) is 23.9 Å². The first-order valence-electron chi connectivity index (χ1n) is 10.2. The monoisotopic (exact) mass is 438 g/mol. The normalized spacial score (nSPS) is 11.6. The van der Waals surface area contributed by atoms with Crippen LogP contribution in [0.25, 0.3) is 5.69 Å². The predicted molar refractivity (Wildman–Crippen MR) is 126 cm³/mol. The number of nitrogens with zero attached hydrogens (tertiary/aromatic N) is 3. The summed E-state index contributed by atoms with van der Waals surface area (Å²) in [5, 5.41) is 14.1. The van der Waals surface area contributed by atoms with E-state index >= 15 is 0 Å². The Morgan fingerprint density at radius 2 is 1.84 bits per heavy atom. The zero-order chi connectivity index (χ0) is 22.4. The molecule has 0 spiro atoms. The summed E-state index contributed by atoms with van der Waals surface area (Å²) in [6.45, 7) is 6.59. The Balaban J connectivity index is 1.80. The molecule has 1 aromatic heterocycles. The summed E-state index contributed by atoms with van der Waals surface area (Å²) in [6.07, 6.45) is 1.60. The van der Waals surface area contributed by atoms with Crippen LogP contribution in [-0.2, 0) is 6.42 Å². The van der Waals surface area contributed by atoms with Gasteiger partial charge in [0, 0.05) is 40.7 Å². The molecule has 0 amide bonds. The first kappa shape index (κ1) is 22.6. The molecule has 162 valence electrons. The van der Waals surface area contributed by atoms with Crippen LogP contribution in [0.15, 0.2) is 63.2 Å². The highest BCUT2D eigenvalue weighted by atomic mass is 32.2. The number of thioether (sulfide) groups is 1. The van der Waals surface area contributed by atoms with Gasteiger partial charge in [-0.2, -0.15) is 0 Å². The predicted octanol–water partition coefficient (Wildman–Crippen LogP) is 4.94. The Hall–Kier alpha value is -3.13. The highest BCUT2D eigenvalue weighted by Gasteiger charge is 2.17. The number of aromatic nitrogens is 2. The molecule has 7 nitrogen and oxygen atoms in total. The minimum atomic E-state index is -0.458. The van der Waals surface area contributed by atoms with Crippen LogP contribution in [0.3, 0.4) is 0 Å². The third kappa shape index (κ3) is 5.52. The second kappa shape index (κ2) is 10.3. The van der Waals surface area contributed by atoms with Gasteiger partial charge in [0.25, 0.3) is 11.2 Å². The van der Waals surface area contributed by atoms with Crippen LogP contribution in [0.2, 0.25) is 0 Å². The van der Waals surface area contributed by atoms with Gasteiger partial charge in [-0.25, -0.2) is 4.68 Å². The number of H-pyrrole nitrogens is 1. The van der Waals surface area contributed by atoms with Crippen molar-refractivity contribution in [3.05, 3.63) is 85.8 Å². The number of aromatic amines is 1. The van der Waals surface area contributed by atoms with Crippen molar-refractivity contribution >= 4 is 23.2 Å². The fourth-order valence-corrected chi connectivity index (χ4v) is 4.03. The molecule has 0 saturated carbocycles. The summed E-state index contributed by atoms with van der Waals surface area (Å²) in [7, 11) is 0. The molecular formula is C23H26N4O3S. The van der Waals surface area contributed by atoms with Crippen LogP contribution >= 0.6 is 11.8 Å². The maximum Gasteiger partial charge on any atom is 0.280 e. The van der Waals surface area contributed by atoms with Gasteiger partial charge in [-0.15, -0.1) is 11.8 Å². The van der Waals surface area contributed by atoms with Gasteiger partial charge < -0.3 is 0 Å². The Labute approximate surface area is 185 Å². The van der Waals surface area contributed by atoms with Crippen LogP contribution in [0.1, 0.15) is 37.1 Å². The average Bonchev–Trinajstić information content (AvgIpc) is 3.08. The Morgan fingerprint density at radius 1 is 1.16 bits per heavy atom. The molecule has 3 rings (SSSR count). The molecule has 1 heterocycles. The van der Waals surface area contributed by atoms with Crippen molar-refractivity contribution in [2.24, 2.45) is 4.99 Å². The standard InChI is InChI=1S/C23H26N4O3S/c1-4-5-21-22(17(3)24-14-15-31-20-12-6-16(2)7-13-20)23(28)26(25-21)18-8-10-19(11-9-18)27(29)30/h6-13,25H,4-5,14-15H2,1-3H3. The van der Waals surface area contributed by atoms with Crippen molar-refractivity contribution in [3.8, 4) is 5.69 Å². The molecular weight excluding hydrogens is 412 g/mol. The number of aliphatic imine (C=N–C) groups is 1. The van der Waals surface area contributed by atoms with E-state index in [1.807, 2.05) is 6.92 Å². The molecule has 0 unspecified atom stereocenters. The highest BCUT2D eigenvalue weighted by molar-refractivity contribution is 7.99. The number of nitrogens with one attached hydrogen (secondary N) is 1. The van der Waals surface area contributed by atoms with E-state index < -0.39 is 4.92 Å². The summed E-state index contributed by atoms with van der Waals surface area (Å²) < 4.78 is 1.43. The third-order valence-corrected chi connectivity index (χ3v) is 5.87. The smallest absolute Gasteiger partial charge is 0.280 e. The summed E-state index contributed by atoms with van der Waals surface area (Å²) in [6, 6.07) is 14.3. The summed E-state index contributed by atoms with van der Waals surface area (Å²) in [4.78, 5) is 29.4. The molecule has 0 saturated heterocycles. The Bertz CT molecular complexity index is 1130. The molecule has 31 heavy (non-hydrogen) atoms. The van der Waals surface area contributed by atoms with E-state index in [0.29, 0.717) is 23.5 Å². The number of rotatable bonds is 9. The fraction of sp³-hybridized carbons (Fsp3) is 0.304. The van der Waals surface area contributed by atoms with E-state index in [-0.39, 0.29) is 11.2 Å². The van der Waals surface area contributed by atoms with Crippen LogP contribution < -0.4 is 5.56 Å². The maximum absolute atomic E-state index is 13.1. The summed E-state index contributed by atoms with van der Waals surface area (Å²) in [5.41, 5.74) is 3.71. The second-order valence-corrected chi connectivity index (χ2v) is 8.43. The molecule has 3 aromatic rings. The molecule has 0 fully saturated rings. The number of hydrogen-bond donors (Lipinski definition) is 1. The Morgan fingerprint density at radius 3 is 2.45 bits per heavy atom. The van der Waals surface area contributed by atoms with Crippen molar-refractivity contribution in [2.75, 3.05) is 12.3 Å². The number of aryl methyl sites for hydroxylation is 2. The van der Waals surface area contributed by atoms with E-state index in [9.17, 15) is 14.9 Å². The topological polar surface area (TPSA) is 93.3 Å². The van der Waals surface area contributed by atoms with Crippen LogP contribution in [0, 0.1) is 17.0 Å². The molecule has 2 aromatic carbocycles. The van der Waals surface area contributed by atoms with Crippen molar-refractivity contribution in [2.45, 2.75) is 38.5 Å². The average molecular weight is 439 g/mol. The first-order valence-corrected chi connectivity index (χ1v) is 11.2. The van der Waals surface area contributed by atoms with Crippen LogP contribution in [0.5, 0.6) is 0 Å². The zero-order valence-electron chi connectivity index (χ0n) is 17.9. The molecule has 0 atom stereocenters. The van der Waals surface area contributed by atoms with E-state index in [4.69, 9.17) is 0 Å². The molecule has 0 bridgehead atoms. The Kier molecular flexibility index (Phi) is 7.46. The lowest BCUT2D eigenvalue weighted by Crippen LogP contribution is -2.20. The van der Waals surface area contributed by atoms with Gasteiger partial charge in [0.05, 0.1) is 16.2 Å². The fourth-order valence-electron chi connectivity index (χ4n) is 3.28. The van der Waals surface area contributed by atoms with E-state index in [0.717, 1.165) is 24.3 Å². The highest BCUT2D eigenvalue weighted by Crippen LogP contribution is 2.18. The SMILES string of the molecule is CCCc1[nH]n(-c2ccc([N+](=O)[O-])cc2)c(=O)c1C(C)=NCCSc1ccc(C)cc1. The van der Waals surface area contributed by atoms with E-state index in [2.05, 4.69) is 48.2 Å². The first-order chi connectivity index (χ1) is 14.9. The minimum Gasteiger partial charge on any atom is -0.294 e. The lowest BCUT2D eigenvalue weighted by molar-refractivity contribution is -0.384. The number of hydrogen-bond acceptors (Lipinski definition) is 5. The number of benzene rings is 2. The lowest BCUT2D eigenvalue weighted by Gasteiger charge is -2.02. The molecule has 0 aliphatic heterocycles. The summed E-state index contributed by atoms with van der Waals surface area (Å²) >= 11 is 1.74. The number of nitro groups is 1. The van der Waals surface area contributed by atoms with Gasteiger partial charge >= 0.3 is 0 Å². The van der Waals surface area contributed by atoms with Crippen molar-refractivity contribution in [3.63, 3.8) is 0 Å².